The van der Waals surface area contributed by atoms with Crippen LogP contribution in [0.5, 0.6) is 0 Å². The fourth-order valence-corrected chi connectivity index (χ4v) is 9.29. The van der Waals surface area contributed by atoms with Gasteiger partial charge in [0.25, 0.3) is 0 Å². The van der Waals surface area contributed by atoms with Crippen molar-refractivity contribution in [2.24, 2.45) is 8.73 Å². The van der Waals surface area contributed by atoms with Crippen molar-refractivity contribution < 1.29 is 0 Å². The van der Waals surface area contributed by atoms with E-state index in [1.807, 2.05) is 0 Å². The second-order valence-corrected chi connectivity index (χ2v) is 15.2. The van der Waals surface area contributed by atoms with Gasteiger partial charge in [-0.3, -0.25) is 0 Å². The largest absolute Gasteiger partial charge is 0.310 e. The number of fused-ring (bicyclic) bond motifs is 4. The predicted molar refractivity (Wildman–Crippen MR) is 244 cm³/mol. The quantitative estimate of drug-likeness (QED) is 0.154. The van der Waals surface area contributed by atoms with Crippen LogP contribution in [0.4, 0.5) is 45.5 Å². The third-order valence-electron chi connectivity index (χ3n) is 10.8. The highest BCUT2D eigenvalue weighted by Crippen LogP contribution is 2.52. The van der Waals surface area contributed by atoms with Crippen LogP contribution in [0.1, 0.15) is 0 Å². The van der Waals surface area contributed by atoms with Crippen molar-refractivity contribution in [1.82, 2.24) is 8.75 Å². The van der Waals surface area contributed by atoms with Crippen molar-refractivity contribution in [3.8, 4) is 22.3 Å². The molecule has 0 amide bonds. The summed E-state index contributed by atoms with van der Waals surface area (Å²) in [5.74, 6) is 0. The van der Waals surface area contributed by atoms with Crippen molar-refractivity contribution in [1.29, 1.82) is 0 Å². The van der Waals surface area contributed by atoms with Crippen molar-refractivity contribution in [2.75, 3.05) is 9.80 Å². The zero-order valence-corrected chi connectivity index (χ0v) is 32.6. The molecule has 0 atom stereocenters. The molecule has 11 rings (SSSR count). The first-order chi connectivity index (χ1) is 28.8. The van der Waals surface area contributed by atoms with Crippen LogP contribution in [0.15, 0.2) is 203 Å². The fraction of sp³-hybridized carbons (Fsp3) is 0. The van der Waals surface area contributed by atoms with E-state index < -0.39 is 0 Å². The highest BCUT2D eigenvalue weighted by atomic mass is 32.1. The van der Waals surface area contributed by atoms with E-state index in [-0.39, 0.29) is 0 Å². The molecule has 0 radical (unpaired) electrons. The summed E-state index contributed by atoms with van der Waals surface area (Å²) in [7, 11) is 0. The van der Waals surface area contributed by atoms with Gasteiger partial charge in [0.1, 0.15) is 22.4 Å². The molecule has 0 fully saturated rings. The summed E-state index contributed by atoms with van der Waals surface area (Å²) in [6.07, 6.45) is 0. The Morgan fingerprint density at radius 3 is 1.17 bits per heavy atom. The number of hydrogen-bond donors (Lipinski definition) is 0. The van der Waals surface area contributed by atoms with Crippen molar-refractivity contribution in [3.05, 3.63) is 194 Å². The Bertz CT molecular complexity index is 2990. The van der Waals surface area contributed by atoms with E-state index in [0.717, 1.165) is 78.8 Å². The summed E-state index contributed by atoms with van der Waals surface area (Å²) >= 11 is 2.45. The third-order valence-corrected chi connectivity index (χ3v) is 11.9. The van der Waals surface area contributed by atoms with Gasteiger partial charge in [-0.1, -0.05) is 133 Å². The minimum atomic E-state index is 0.827. The Hall–Kier alpha value is -7.26. The minimum absolute atomic E-state index is 0.827. The van der Waals surface area contributed by atoms with Gasteiger partial charge in [0, 0.05) is 44.6 Å². The smallest absolute Gasteiger partial charge is 0.115 e. The van der Waals surface area contributed by atoms with E-state index in [2.05, 4.69) is 204 Å². The Labute approximate surface area is 343 Å². The topological polar surface area (TPSA) is 57.0 Å². The molecule has 0 saturated carbocycles. The second kappa shape index (κ2) is 14.4. The van der Waals surface area contributed by atoms with Crippen molar-refractivity contribution in [3.63, 3.8) is 0 Å². The van der Waals surface area contributed by atoms with E-state index >= 15 is 0 Å². The molecule has 0 N–H and O–H groups in total. The Kier molecular flexibility index (Phi) is 8.42. The monoisotopic (exact) mass is 780 g/mol. The van der Waals surface area contributed by atoms with Crippen molar-refractivity contribution in [2.45, 2.75) is 0 Å². The maximum Gasteiger partial charge on any atom is 0.115 e. The lowest BCUT2D eigenvalue weighted by Crippen LogP contribution is -2.10. The number of benzene rings is 9. The van der Waals surface area contributed by atoms with Gasteiger partial charge in [0.2, 0.25) is 0 Å². The molecule has 58 heavy (non-hydrogen) atoms. The van der Waals surface area contributed by atoms with Crippen molar-refractivity contribution >= 4 is 101 Å². The van der Waals surface area contributed by atoms with Gasteiger partial charge in [-0.15, -0.1) is 0 Å². The molecular weight excluding hydrogens is 749 g/mol. The molecule has 10 aromatic rings. The number of rotatable bonds is 8. The van der Waals surface area contributed by atoms with Gasteiger partial charge in [-0.25, -0.2) is 0 Å². The zero-order valence-electron chi connectivity index (χ0n) is 31.0. The first-order valence-electron chi connectivity index (χ1n) is 19.1. The molecule has 1 aromatic heterocycles. The number of para-hydroxylation sites is 2. The lowest BCUT2D eigenvalue weighted by molar-refractivity contribution is 1.30. The SMILES string of the molecule is c1ccc(N(c2ccc(-c3c4c(c(-c5ccc(N(c6ccccc6)c6cccc7ccccc67)cc5)c5nsnc35)N=S=N4)cc2)c2cccc3ccccc23)cc1. The highest BCUT2D eigenvalue weighted by Gasteiger charge is 2.27. The Balaban J connectivity index is 1.00. The predicted octanol–water partition coefficient (Wildman–Crippen LogP) is 15.0. The van der Waals surface area contributed by atoms with E-state index in [9.17, 15) is 0 Å². The lowest BCUT2D eigenvalue weighted by Gasteiger charge is -2.27. The molecule has 8 heteroatoms. The molecule has 9 aromatic carbocycles. The average molecular weight is 781 g/mol. The van der Waals surface area contributed by atoms with Gasteiger partial charge < -0.3 is 9.80 Å². The van der Waals surface area contributed by atoms with Gasteiger partial charge in [0.15, 0.2) is 0 Å². The molecule has 0 spiro atoms. The Morgan fingerprint density at radius 2 is 0.724 bits per heavy atom. The summed E-state index contributed by atoms with van der Waals surface area (Å²) in [5, 5.41) is 4.77. The molecule has 0 bridgehead atoms. The maximum absolute atomic E-state index is 4.90. The second-order valence-electron chi connectivity index (χ2n) is 14.1. The molecule has 274 valence electrons. The standard InChI is InChI=1S/C50H32N6S2/c1-3-17-37(18-4-1)55(43-23-11-15-33-13-7-9-21-41(33)43)39-29-25-35(26-30-39)45-47-49(53-57-51-47)46(50-48(45)52-58-54-50)36-27-31-40(32-28-36)56(38-19-5-2-6-20-38)44-24-12-16-34-14-8-10-22-42(34)44/h1-32H. The molecule has 1 aliphatic heterocycles. The summed E-state index contributed by atoms with van der Waals surface area (Å²) in [6, 6.07) is 68.5. The first-order valence-corrected chi connectivity index (χ1v) is 20.5. The third kappa shape index (κ3) is 5.77. The molecule has 0 saturated heterocycles. The average Bonchev–Trinajstić information content (AvgIpc) is 3.98. The van der Waals surface area contributed by atoms with E-state index in [1.165, 1.54) is 44.6 Å². The summed E-state index contributed by atoms with van der Waals surface area (Å²) < 4.78 is 19.6. The zero-order chi connectivity index (χ0) is 38.4. The van der Waals surface area contributed by atoms with Crippen LogP contribution in [0.25, 0.3) is 54.8 Å². The van der Waals surface area contributed by atoms with Crippen LogP contribution in [0, 0.1) is 0 Å². The van der Waals surface area contributed by atoms with Crippen LogP contribution in [-0.2, 0) is 11.4 Å². The summed E-state index contributed by atoms with van der Waals surface area (Å²) in [4.78, 5) is 4.63. The molecule has 2 heterocycles. The normalized spacial score (nSPS) is 11.9. The van der Waals surface area contributed by atoms with E-state index in [4.69, 9.17) is 17.5 Å². The minimum Gasteiger partial charge on any atom is -0.310 e. The van der Waals surface area contributed by atoms with Crippen LogP contribution in [0.3, 0.4) is 0 Å². The van der Waals surface area contributed by atoms with Gasteiger partial charge >= 0.3 is 0 Å². The van der Waals surface area contributed by atoms with E-state index in [1.54, 1.807) is 0 Å². The molecule has 0 aliphatic carbocycles. The summed E-state index contributed by atoms with van der Waals surface area (Å²) in [6.45, 7) is 0. The number of anilines is 6. The van der Waals surface area contributed by atoms with Gasteiger partial charge in [0.05, 0.1) is 34.5 Å². The molecular formula is C50H32N6S2. The van der Waals surface area contributed by atoms with Crippen LogP contribution in [-0.4, -0.2) is 8.75 Å². The highest BCUT2D eigenvalue weighted by molar-refractivity contribution is 7.58. The van der Waals surface area contributed by atoms with Gasteiger partial charge in [-0.2, -0.15) is 17.5 Å². The molecule has 0 unspecified atom stereocenters. The van der Waals surface area contributed by atoms with Crippen LogP contribution >= 0.6 is 11.7 Å². The van der Waals surface area contributed by atoms with E-state index in [0.29, 0.717) is 0 Å². The number of hydrogen-bond acceptors (Lipinski definition) is 7. The molecule has 1 aliphatic rings. The lowest BCUT2D eigenvalue weighted by atomic mass is 9.93. The maximum atomic E-state index is 4.90. The fourth-order valence-electron chi connectivity index (χ4n) is 8.17. The molecule has 6 nitrogen and oxygen atoms in total. The number of nitrogens with zero attached hydrogens (tertiary/aromatic N) is 6. The Morgan fingerprint density at radius 1 is 0.345 bits per heavy atom. The first kappa shape index (κ1) is 34.0. The van der Waals surface area contributed by atoms with Gasteiger partial charge in [-0.05, 0) is 82.6 Å². The number of aromatic nitrogens is 2. The van der Waals surface area contributed by atoms with Crippen LogP contribution < -0.4 is 9.80 Å². The van der Waals surface area contributed by atoms with Crippen LogP contribution in [0.2, 0.25) is 0 Å². The summed E-state index contributed by atoms with van der Waals surface area (Å²) in [5.41, 5.74) is 13.7.